The summed E-state index contributed by atoms with van der Waals surface area (Å²) in [5.41, 5.74) is 4.16. The minimum absolute atomic E-state index is 0.0374. The van der Waals surface area contributed by atoms with Crippen molar-refractivity contribution in [3.63, 3.8) is 0 Å². The molecular weight excluding hydrogens is 489 g/mol. The molecule has 4 rings (SSSR count). The number of para-hydroxylation sites is 1. The average Bonchev–Trinajstić information content (AvgIpc) is 3.30. The van der Waals surface area contributed by atoms with E-state index in [1.165, 1.54) is 29.7 Å². The predicted octanol–water partition coefficient (Wildman–Crippen LogP) is 6.18. The number of carbonyl (C=O) groups is 1. The number of thiazole rings is 1. The molecule has 0 aliphatic carbocycles. The first-order chi connectivity index (χ1) is 17.4. The minimum atomic E-state index is -4.43. The number of rotatable bonds is 9. The summed E-state index contributed by atoms with van der Waals surface area (Å²) in [6.45, 7) is 0.402. The van der Waals surface area contributed by atoms with E-state index in [-0.39, 0.29) is 18.0 Å². The Hall–Kier alpha value is -4.18. The van der Waals surface area contributed by atoms with Crippen molar-refractivity contribution in [1.82, 2.24) is 10.4 Å². The van der Waals surface area contributed by atoms with Crippen LogP contribution in [0.5, 0.6) is 5.75 Å². The third-order valence-electron chi connectivity index (χ3n) is 4.88. The highest BCUT2D eigenvalue weighted by Crippen LogP contribution is 2.31. The van der Waals surface area contributed by atoms with Crippen molar-refractivity contribution < 1.29 is 22.7 Å². The maximum Gasteiger partial charge on any atom is 0.416 e. The largest absolute Gasteiger partial charge is 0.488 e. The number of anilines is 2. The summed E-state index contributed by atoms with van der Waals surface area (Å²) in [4.78, 5) is 16.5. The molecule has 1 heterocycles. The molecule has 36 heavy (non-hydrogen) atoms. The number of hydrogen-bond donors (Lipinski definition) is 2. The molecule has 4 aromatic rings. The molecule has 0 aliphatic heterocycles. The summed E-state index contributed by atoms with van der Waals surface area (Å²) < 4.78 is 44.5. The number of amides is 1. The smallest absolute Gasteiger partial charge is 0.416 e. The fraction of sp³-hybridized carbons (Fsp3) is 0.115. The second-order valence-electron chi connectivity index (χ2n) is 7.63. The maximum atomic E-state index is 12.9. The van der Waals surface area contributed by atoms with Gasteiger partial charge in [0.25, 0.3) is 0 Å². The molecule has 3 aromatic carbocycles. The van der Waals surface area contributed by atoms with Crippen LogP contribution in [-0.2, 0) is 24.0 Å². The van der Waals surface area contributed by atoms with Crippen molar-refractivity contribution in [2.45, 2.75) is 19.2 Å². The van der Waals surface area contributed by atoms with Gasteiger partial charge in [-0.05, 0) is 35.9 Å². The molecule has 1 aromatic heterocycles. The lowest BCUT2D eigenvalue weighted by atomic mass is 10.2. The predicted molar refractivity (Wildman–Crippen MR) is 133 cm³/mol. The van der Waals surface area contributed by atoms with Gasteiger partial charge in [0.05, 0.1) is 23.9 Å². The van der Waals surface area contributed by atoms with Gasteiger partial charge in [-0.15, -0.1) is 11.3 Å². The molecule has 184 valence electrons. The molecule has 0 unspecified atom stereocenters. The SMILES string of the molecule is O=C(Cc1csc(Nc2cccc(C(F)(F)F)c2)n1)N/N=C\c1ccccc1OCc1ccccc1. The van der Waals surface area contributed by atoms with E-state index in [2.05, 4.69) is 20.8 Å². The number of nitrogens with zero attached hydrogens (tertiary/aromatic N) is 2. The van der Waals surface area contributed by atoms with Crippen LogP contribution in [0.25, 0.3) is 0 Å². The van der Waals surface area contributed by atoms with E-state index in [9.17, 15) is 18.0 Å². The number of benzene rings is 3. The number of carbonyl (C=O) groups excluding carboxylic acids is 1. The lowest BCUT2D eigenvalue weighted by molar-refractivity contribution is -0.137. The Morgan fingerprint density at radius 3 is 2.61 bits per heavy atom. The van der Waals surface area contributed by atoms with Crippen molar-refractivity contribution in [3.05, 3.63) is 107 Å². The minimum Gasteiger partial charge on any atom is -0.488 e. The van der Waals surface area contributed by atoms with Crippen LogP contribution in [0.4, 0.5) is 24.0 Å². The summed E-state index contributed by atoms with van der Waals surface area (Å²) in [5.74, 6) is 0.244. The van der Waals surface area contributed by atoms with Crippen molar-refractivity contribution in [1.29, 1.82) is 0 Å². The van der Waals surface area contributed by atoms with Gasteiger partial charge in [-0.1, -0.05) is 48.5 Å². The number of hydrazone groups is 1. The highest BCUT2D eigenvalue weighted by molar-refractivity contribution is 7.13. The van der Waals surface area contributed by atoms with E-state index in [0.717, 1.165) is 17.7 Å². The van der Waals surface area contributed by atoms with Gasteiger partial charge in [-0.25, -0.2) is 10.4 Å². The summed E-state index contributed by atoms with van der Waals surface area (Å²) in [5, 5.41) is 8.88. The standard InChI is InChI=1S/C26H21F3N4O2S/c27-26(28,29)20-10-6-11-21(13-20)31-25-32-22(17-36-25)14-24(34)33-30-15-19-9-4-5-12-23(19)35-16-18-7-2-1-3-8-18/h1-13,15,17H,14,16H2,(H,31,32)(H,33,34)/b30-15-. The molecule has 1 amide bonds. The normalized spacial score (nSPS) is 11.4. The fourth-order valence-corrected chi connectivity index (χ4v) is 3.90. The highest BCUT2D eigenvalue weighted by Gasteiger charge is 2.30. The number of halogens is 3. The van der Waals surface area contributed by atoms with Crippen LogP contribution in [0.3, 0.4) is 0 Å². The van der Waals surface area contributed by atoms with E-state index in [4.69, 9.17) is 4.74 Å². The summed E-state index contributed by atoms with van der Waals surface area (Å²) in [6, 6.07) is 21.9. The van der Waals surface area contributed by atoms with Gasteiger partial charge in [0.1, 0.15) is 12.4 Å². The Labute approximate surface area is 209 Å². The first-order valence-corrected chi connectivity index (χ1v) is 11.7. The monoisotopic (exact) mass is 510 g/mol. The Morgan fingerprint density at radius 2 is 1.81 bits per heavy atom. The Kier molecular flexibility index (Phi) is 7.96. The van der Waals surface area contributed by atoms with Gasteiger partial charge < -0.3 is 10.1 Å². The van der Waals surface area contributed by atoms with Crippen LogP contribution >= 0.6 is 11.3 Å². The van der Waals surface area contributed by atoms with Crippen molar-refractivity contribution in [2.75, 3.05) is 5.32 Å². The molecule has 0 atom stereocenters. The van der Waals surface area contributed by atoms with Crippen molar-refractivity contribution >= 4 is 34.3 Å². The third kappa shape index (κ3) is 7.16. The number of aromatic nitrogens is 1. The average molecular weight is 511 g/mol. The Bertz CT molecular complexity index is 1340. The molecule has 0 spiro atoms. The zero-order chi connectivity index (χ0) is 25.4. The van der Waals surface area contributed by atoms with E-state index in [1.54, 1.807) is 5.38 Å². The molecule has 6 nitrogen and oxygen atoms in total. The van der Waals surface area contributed by atoms with Gasteiger partial charge in [-0.2, -0.15) is 18.3 Å². The molecule has 0 bridgehead atoms. The second-order valence-corrected chi connectivity index (χ2v) is 8.49. The van der Waals surface area contributed by atoms with E-state index in [1.807, 2.05) is 54.6 Å². The summed E-state index contributed by atoms with van der Waals surface area (Å²) >= 11 is 1.19. The van der Waals surface area contributed by atoms with Gasteiger partial charge >= 0.3 is 6.18 Å². The zero-order valence-electron chi connectivity index (χ0n) is 18.8. The molecule has 2 N–H and O–H groups in total. The quantitative estimate of drug-likeness (QED) is 0.208. The van der Waals surface area contributed by atoms with Crippen LogP contribution in [-0.4, -0.2) is 17.1 Å². The number of hydrogen-bond acceptors (Lipinski definition) is 6. The molecule has 0 radical (unpaired) electrons. The van der Waals surface area contributed by atoms with Gasteiger partial charge in [-0.3, -0.25) is 4.79 Å². The Morgan fingerprint density at radius 1 is 1.03 bits per heavy atom. The number of nitrogens with one attached hydrogen (secondary N) is 2. The van der Waals surface area contributed by atoms with Crippen LogP contribution in [0.1, 0.15) is 22.4 Å². The van der Waals surface area contributed by atoms with Gasteiger partial charge in [0, 0.05) is 16.6 Å². The first-order valence-electron chi connectivity index (χ1n) is 10.8. The molecule has 0 fully saturated rings. The third-order valence-corrected chi connectivity index (χ3v) is 5.69. The highest BCUT2D eigenvalue weighted by atomic mass is 32.1. The topological polar surface area (TPSA) is 75.6 Å². The lowest BCUT2D eigenvalue weighted by Gasteiger charge is -2.09. The number of ether oxygens (including phenoxy) is 1. The van der Waals surface area contributed by atoms with E-state index < -0.39 is 11.7 Å². The fourth-order valence-electron chi connectivity index (χ4n) is 3.17. The molecular formula is C26H21F3N4O2S. The van der Waals surface area contributed by atoms with Crippen molar-refractivity contribution in [3.8, 4) is 5.75 Å². The van der Waals surface area contributed by atoms with Crippen LogP contribution in [0.15, 0.2) is 89.3 Å². The molecule has 10 heteroatoms. The first kappa shape index (κ1) is 24.9. The van der Waals surface area contributed by atoms with E-state index in [0.29, 0.717) is 28.7 Å². The van der Waals surface area contributed by atoms with Gasteiger partial charge in [0.15, 0.2) is 5.13 Å². The van der Waals surface area contributed by atoms with Crippen LogP contribution < -0.4 is 15.5 Å². The zero-order valence-corrected chi connectivity index (χ0v) is 19.6. The summed E-state index contributed by atoms with van der Waals surface area (Å²) in [6.07, 6.45) is -2.97. The molecule has 0 aliphatic rings. The molecule has 0 saturated heterocycles. The summed E-state index contributed by atoms with van der Waals surface area (Å²) in [7, 11) is 0. The Balaban J connectivity index is 1.30. The van der Waals surface area contributed by atoms with Crippen molar-refractivity contribution in [2.24, 2.45) is 5.10 Å². The van der Waals surface area contributed by atoms with E-state index >= 15 is 0 Å². The second kappa shape index (κ2) is 11.5. The molecule has 0 saturated carbocycles. The number of alkyl halides is 3. The van der Waals surface area contributed by atoms with Crippen LogP contribution in [0.2, 0.25) is 0 Å². The van der Waals surface area contributed by atoms with Crippen LogP contribution in [0, 0.1) is 0 Å². The maximum absolute atomic E-state index is 12.9. The van der Waals surface area contributed by atoms with Gasteiger partial charge in [0.2, 0.25) is 5.91 Å². The lowest BCUT2D eigenvalue weighted by Crippen LogP contribution is -2.20.